The summed E-state index contributed by atoms with van der Waals surface area (Å²) >= 11 is 7.51. The number of methoxy groups -OCH3 is 1. The quantitative estimate of drug-likeness (QED) is 0.133. The Morgan fingerprint density at radius 2 is 1.83 bits per heavy atom. The number of halogens is 4. The van der Waals surface area contributed by atoms with Crippen LogP contribution in [0.2, 0.25) is 5.02 Å². The van der Waals surface area contributed by atoms with Crippen LogP contribution >= 0.6 is 23.4 Å². The number of carbonyl (C=O) groups is 1. The smallest absolute Gasteiger partial charge is 0.306 e. The normalized spacial score (nSPS) is 14.5. The zero-order chi connectivity index (χ0) is 29.8. The molecule has 0 amide bonds. The number of carbonyl (C=O) groups excluding carboxylic acids is 1. The molecule has 4 aromatic rings. The van der Waals surface area contributed by atoms with Gasteiger partial charge in [0.05, 0.1) is 30.1 Å². The predicted octanol–water partition coefficient (Wildman–Crippen LogP) is 8.21. The number of hydrogen-bond donors (Lipinski definition) is 0. The SMILES string of the molecule is CCOC(=O)CCc1cc(F)c(CSc2nc3c(n2-c2ccc(F)cc2)C(c2ccc(Cl)c(OC)c2)CCC3)c(F)c1. The van der Waals surface area contributed by atoms with Crippen molar-refractivity contribution >= 4 is 29.3 Å². The Hall–Kier alpha value is -3.43. The number of hydrogen-bond acceptors (Lipinski definition) is 5. The number of rotatable bonds is 10. The van der Waals surface area contributed by atoms with Crippen LogP contribution in [0.5, 0.6) is 5.75 Å². The number of aryl methyl sites for hydroxylation is 2. The van der Waals surface area contributed by atoms with Crippen LogP contribution in [0.4, 0.5) is 13.2 Å². The van der Waals surface area contributed by atoms with Crippen molar-refractivity contribution in [1.29, 1.82) is 0 Å². The van der Waals surface area contributed by atoms with E-state index in [1.807, 2.05) is 16.7 Å². The molecule has 0 N–H and O–H groups in total. The van der Waals surface area contributed by atoms with E-state index in [0.717, 1.165) is 36.2 Å². The number of fused-ring (bicyclic) bond motifs is 1. The molecule has 1 unspecified atom stereocenters. The number of imidazole rings is 1. The summed E-state index contributed by atoms with van der Waals surface area (Å²) in [6, 6.07) is 14.3. The molecule has 10 heteroatoms. The summed E-state index contributed by atoms with van der Waals surface area (Å²) in [6.07, 6.45) is 2.73. The fourth-order valence-corrected chi connectivity index (χ4v) is 6.57. The Labute approximate surface area is 252 Å². The Morgan fingerprint density at radius 3 is 2.52 bits per heavy atom. The largest absolute Gasteiger partial charge is 0.495 e. The summed E-state index contributed by atoms with van der Waals surface area (Å²) in [5.41, 5.74) is 3.86. The van der Waals surface area contributed by atoms with Gasteiger partial charge < -0.3 is 9.47 Å². The number of aromatic nitrogens is 2. The summed E-state index contributed by atoms with van der Waals surface area (Å²) in [5.74, 6) is -1.63. The second-order valence-corrected chi connectivity index (χ2v) is 11.4. The zero-order valence-corrected chi connectivity index (χ0v) is 24.8. The number of benzene rings is 3. The van der Waals surface area contributed by atoms with Crippen molar-refractivity contribution in [3.63, 3.8) is 0 Å². The Bertz CT molecular complexity index is 1570. The lowest BCUT2D eigenvalue weighted by molar-refractivity contribution is -0.143. The maximum absolute atomic E-state index is 15.1. The van der Waals surface area contributed by atoms with Crippen LogP contribution in [-0.2, 0) is 28.1 Å². The first-order valence-electron chi connectivity index (χ1n) is 13.7. The molecule has 1 atom stereocenters. The van der Waals surface area contributed by atoms with Crippen molar-refractivity contribution in [2.24, 2.45) is 0 Å². The first-order chi connectivity index (χ1) is 20.3. The minimum atomic E-state index is -0.683. The third kappa shape index (κ3) is 6.47. The molecule has 1 aliphatic rings. The first-order valence-corrected chi connectivity index (χ1v) is 15.1. The minimum Gasteiger partial charge on any atom is -0.495 e. The average Bonchev–Trinajstić information content (AvgIpc) is 3.35. The predicted molar refractivity (Wildman–Crippen MR) is 157 cm³/mol. The van der Waals surface area contributed by atoms with Gasteiger partial charge in [-0.2, -0.15) is 0 Å². The maximum Gasteiger partial charge on any atom is 0.306 e. The number of nitrogens with zero attached hydrogens (tertiary/aromatic N) is 2. The second kappa shape index (κ2) is 13.3. The van der Waals surface area contributed by atoms with E-state index in [4.69, 9.17) is 26.1 Å². The third-order valence-corrected chi connectivity index (χ3v) is 8.60. The molecule has 5 nitrogen and oxygen atoms in total. The van der Waals surface area contributed by atoms with Gasteiger partial charge in [-0.15, -0.1) is 0 Å². The molecule has 5 rings (SSSR count). The Morgan fingerprint density at radius 1 is 1.10 bits per heavy atom. The van der Waals surface area contributed by atoms with Gasteiger partial charge in [0.2, 0.25) is 0 Å². The molecule has 0 radical (unpaired) electrons. The molecule has 1 aliphatic carbocycles. The molecule has 1 aromatic heterocycles. The van der Waals surface area contributed by atoms with Crippen LogP contribution in [0.25, 0.3) is 5.69 Å². The molecule has 42 heavy (non-hydrogen) atoms. The topological polar surface area (TPSA) is 53.3 Å². The van der Waals surface area contributed by atoms with Gasteiger partial charge in [-0.3, -0.25) is 9.36 Å². The summed E-state index contributed by atoms with van der Waals surface area (Å²) in [7, 11) is 1.57. The van der Waals surface area contributed by atoms with Gasteiger partial charge in [0.1, 0.15) is 23.2 Å². The van der Waals surface area contributed by atoms with E-state index in [9.17, 15) is 9.18 Å². The molecule has 1 heterocycles. The van der Waals surface area contributed by atoms with Crippen LogP contribution in [0, 0.1) is 17.5 Å². The molecule has 0 saturated carbocycles. The summed E-state index contributed by atoms with van der Waals surface area (Å²) in [6.45, 7) is 1.96. The van der Waals surface area contributed by atoms with Crippen molar-refractivity contribution in [3.05, 3.63) is 105 Å². The molecular formula is C32H30ClF3N2O3S. The van der Waals surface area contributed by atoms with Crippen LogP contribution < -0.4 is 4.74 Å². The van der Waals surface area contributed by atoms with Crippen LogP contribution in [0.15, 0.2) is 59.8 Å². The lowest BCUT2D eigenvalue weighted by Gasteiger charge is -2.26. The Balaban J connectivity index is 1.49. The summed E-state index contributed by atoms with van der Waals surface area (Å²) in [5, 5.41) is 1.07. The van der Waals surface area contributed by atoms with Crippen molar-refractivity contribution in [3.8, 4) is 11.4 Å². The van der Waals surface area contributed by atoms with Crippen molar-refractivity contribution in [2.75, 3.05) is 13.7 Å². The standard InChI is InChI=1S/C32H30ClF3N2O3S/c1-3-41-30(39)14-7-19-15-26(35)24(27(36)16-19)18-42-32-37-28-6-4-5-23(20-8-13-25(33)29(17-20)40-2)31(28)38(32)22-11-9-21(34)10-12-22/h8-13,15-17,23H,3-7,14,18H2,1-2H3. The van der Waals surface area contributed by atoms with Gasteiger partial charge in [0, 0.05) is 29.3 Å². The average molecular weight is 615 g/mol. The molecule has 220 valence electrons. The van der Waals surface area contributed by atoms with E-state index in [0.29, 0.717) is 27.2 Å². The number of thioether (sulfide) groups is 1. The van der Waals surface area contributed by atoms with Gasteiger partial charge in [0.15, 0.2) is 5.16 Å². The van der Waals surface area contributed by atoms with E-state index in [1.54, 1.807) is 32.2 Å². The van der Waals surface area contributed by atoms with E-state index in [-0.39, 0.29) is 42.5 Å². The van der Waals surface area contributed by atoms with Crippen molar-refractivity contribution < 1.29 is 27.4 Å². The van der Waals surface area contributed by atoms with Gasteiger partial charge in [-0.25, -0.2) is 18.2 Å². The minimum absolute atomic E-state index is 0.00759. The van der Waals surface area contributed by atoms with Crippen molar-refractivity contribution in [2.45, 2.75) is 55.9 Å². The summed E-state index contributed by atoms with van der Waals surface area (Å²) in [4.78, 5) is 16.6. The fraction of sp³-hybridized carbons (Fsp3) is 0.312. The highest BCUT2D eigenvalue weighted by molar-refractivity contribution is 7.98. The van der Waals surface area contributed by atoms with Gasteiger partial charge in [0.25, 0.3) is 0 Å². The van der Waals surface area contributed by atoms with Crippen LogP contribution in [0.3, 0.4) is 0 Å². The highest BCUT2D eigenvalue weighted by Gasteiger charge is 2.31. The summed E-state index contributed by atoms with van der Waals surface area (Å²) < 4.78 is 56.4. The zero-order valence-electron chi connectivity index (χ0n) is 23.3. The van der Waals surface area contributed by atoms with Gasteiger partial charge >= 0.3 is 5.97 Å². The lowest BCUT2D eigenvalue weighted by atomic mass is 9.84. The van der Waals surface area contributed by atoms with E-state index < -0.39 is 17.6 Å². The van der Waals surface area contributed by atoms with Crippen LogP contribution in [-0.4, -0.2) is 29.2 Å². The van der Waals surface area contributed by atoms with Gasteiger partial charge in [-0.05, 0) is 92.3 Å². The fourth-order valence-electron chi connectivity index (χ4n) is 5.31. The van der Waals surface area contributed by atoms with E-state index in [2.05, 4.69) is 0 Å². The molecule has 0 fully saturated rings. The molecule has 3 aromatic carbocycles. The monoisotopic (exact) mass is 614 g/mol. The molecule has 0 bridgehead atoms. The lowest BCUT2D eigenvalue weighted by Crippen LogP contribution is -2.15. The Kier molecular flexibility index (Phi) is 9.48. The molecule has 0 aliphatic heterocycles. The third-order valence-electron chi connectivity index (χ3n) is 7.33. The molecular weight excluding hydrogens is 585 g/mol. The van der Waals surface area contributed by atoms with Crippen molar-refractivity contribution in [1.82, 2.24) is 9.55 Å². The molecule has 0 spiro atoms. The second-order valence-electron chi connectivity index (χ2n) is 10.0. The number of ether oxygens (including phenoxy) is 2. The highest BCUT2D eigenvalue weighted by atomic mass is 35.5. The highest BCUT2D eigenvalue weighted by Crippen LogP contribution is 2.42. The van der Waals surface area contributed by atoms with E-state index in [1.165, 1.54) is 36.0 Å². The maximum atomic E-state index is 15.1. The van der Waals surface area contributed by atoms with Gasteiger partial charge in [-0.1, -0.05) is 29.4 Å². The van der Waals surface area contributed by atoms with Crippen LogP contribution in [0.1, 0.15) is 60.2 Å². The molecule has 0 saturated heterocycles. The number of esters is 1. The first kappa shape index (κ1) is 30.0. The van der Waals surface area contributed by atoms with E-state index >= 15 is 8.78 Å².